The molecule has 0 radical (unpaired) electrons. The third-order valence-electron chi connectivity index (χ3n) is 2.52. The fourth-order valence-corrected chi connectivity index (χ4v) is 2.69. The van der Waals surface area contributed by atoms with Crippen LogP contribution >= 0.6 is 23.4 Å². The number of hydrogen-bond acceptors (Lipinski definition) is 4. The van der Waals surface area contributed by atoms with Crippen molar-refractivity contribution in [2.75, 3.05) is 0 Å². The van der Waals surface area contributed by atoms with Crippen molar-refractivity contribution >= 4 is 35.0 Å². The molecule has 8 heteroatoms. The van der Waals surface area contributed by atoms with Crippen molar-refractivity contribution in [3.8, 4) is 0 Å². The first-order valence-corrected chi connectivity index (χ1v) is 6.72. The van der Waals surface area contributed by atoms with Gasteiger partial charge in [0.1, 0.15) is 5.82 Å². The number of non-ortho nitro benzene ring substituents is 1. The van der Waals surface area contributed by atoms with Crippen LogP contribution in [-0.4, -0.2) is 16.0 Å². The summed E-state index contributed by atoms with van der Waals surface area (Å²) < 4.78 is 13.3. The van der Waals surface area contributed by atoms with E-state index in [9.17, 15) is 19.3 Å². The molecule has 0 saturated carbocycles. The van der Waals surface area contributed by atoms with Crippen LogP contribution in [-0.2, 0) is 0 Å². The van der Waals surface area contributed by atoms with E-state index in [2.05, 4.69) is 0 Å². The molecule has 0 saturated heterocycles. The Bertz CT molecular complexity index is 738. The molecule has 0 aliphatic rings. The van der Waals surface area contributed by atoms with Crippen LogP contribution in [0.1, 0.15) is 10.4 Å². The third kappa shape index (κ3) is 3.50. The number of benzene rings is 2. The summed E-state index contributed by atoms with van der Waals surface area (Å²) >= 11 is 7.03. The van der Waals surface area contributed by atoms with Gasteiger partial charge in [-0.25, -0.2) is 9.18 Å². The molecule has 0 aliphatic heterocycles. The van der Waals surface area contributed by atoms with E-state index >= 15 is 0 Å². The Hall–Kier alpha value is -2.12. The Morgan fingerprint density at radius 1 is 1.29 bits per heavy atom. The highest BCUT2D eigenvalue weighted by Crippen LogP contribution is 2.35. The minimum atomic E-state index is -1.37. The fourth-order valence-electron chi connectivity index (χ4n) is 1.54. The van der Waals surface area contributed by atoms with E-state index in [0.29, 0.717) is 9.79 Å². The summed E-state index contributed by atoms with van der Waals surface area (Å²) in [5, 5.41) is 19.6. The van der Waals surface area contributed by atoms with Gasteiger partial charge in [0.2, 0.25) is 0 Å². The molecular formula is C13H7ClFNO4S. The van der Waals surface area contributed by atoms with Gasteiger partial charge in [-0.1, -0.05) is 23.4 Å². The average molecular weight is 328 g/mol. The first-order chi connectivity index (χ1) is 9.88. The number of aromatic carboxylic acids is 1. The van der Waals surface area contributed by atoms with Crippen molar-refractivity contribution < 1.29 is 19.2 Å². The highest BCUT2D eigenvalue weighted by molar-refractivity contribution is 7.99. The summed E-state index contributed by atoms with van der Waals surface area (Å²) in [4.78, 5) is 21.9. The monoisotopic (exact) mass is 327 g/mol. The highest BCUT2D eigenvalue weighted by atomic mass is 35.5. The van der Waals surface area contributed by atoms with Crippen LogP contribution in [0.5, 0.6) is 0 Å². The molecule has 2 aromatic carbocycles. The van der Waals surface area contributed by atoms with Gasteiger partial charge in [0.05, 0.1) is 15.5 Å². The minimum Gasteiger partial charge on any atom is -0.478 e. The van der Waals surface area contributed by atoms with Crippen LogP contribution in [0, 0.1) is 15.9 Å². The van der Waals surface area contributed by atoms with Gasteiger partial charge in [-0.05, 0) is 24.3 Å². The van der Waals surface area contributed by atoms with Crippen LogP contribution in [0.4, 0.5) is 10.1 Å². The van der Waals surface area contributed by atoms with E-state index in [1.165, 1.54) is 30.3 Å². The number of nitro benzene ring substituents is 1. The molecule has 0 fully saturated rings. The molecule has 21 heavy (non-hydrogen) atoms. The van der Waals surface area contributed by atoms with Gasteiger partial charge >= 0.3 is 5.97 Å². The zero-order chi connectivity index (χ0) is 15.6. The summed E-state index contributed by atoms with van der Waals surface area (Å²) in [6, 6.07) is 7.58. The van der Waals surface area contributed by atoms with Crippen molar-refractivity contribution in [1.82, 2.24) is 0 Å². The topological polar surface area (TPSA) is 80.4 Å². The quantitative estimate of drug-likeness (QED) is 0.671. The Morgan fingerprint density at radius 2 is 2.00 bits per heavy atom. The van der Waals surface area contributed by atoms with Gasteiger partial charge in [0.25, 0.3) is 5.69 Å². The number of hydrogen-bond donors (Lipinski definition) is 1. The van der Waals surface area contributed by atoms with Crippen LogP contribution in [0.25, 0.3) is 0 Å². The van der Waals surface area contributed by atoms with Crippen LogP contribution in [0.3, 0.4) is 0 Å². The van der Waals surface area contributed by atoms with Crippen molar-refractivity contribution in [3.05, 3.63) is 62.9 Å². The Balaban J connectivity index is 2.32. The van der Waals surface area contributed by atoms with E-state index in [1.807, 2.05) is 0 Å². The first kappa shape index (κ1) is 15.3. The van der Waals surface area contributed by atoms with E-state index in [-0.39, 0.29) is 10.7 Å². The lowest BCUT2D eigenvalue weighted by atomic mass is 10.2. The Morgan fingerprint density at radius 3 is 2.57 bits per heavy atom. The molecule has 0 aliphatic carbocycles. The van der Waals surface area contributed by atoms with Crippen LogP contribution < -0.4 is 0 Å². The third-order valence-corrected chi connectivity index (χ3v) is 4.01. The average Bonchev–Trinajstić information content (AvgIpc) is 2.42. The van der Waals surface area contributed by atoms with E-state index in [0.717, 1.165) is 17.8 Å². The predicted octanol–water partition coefficient (Wildman–Crippen LogP) is 4.24. The Labute approximate surface area is 127 Å². The van der Waals surface area contributed by atoms with Crippen molar-refractivity contribution in [2.45, 2.75) is 9.79 Å². The van der Waals surface area contributed by atoms with Gasteiger partial charge in [-0.2, -0.15) is 0 Å². The molecule has 0 amide bonds. The van der Waals surface area contributed by atoms with Crippen molar-refractivity contribution in [3.63, 3.8) is 0 Å². The lowest BCUT2D eigenvalue weighted by molar-refractivity contribution is -0.384. The zero-order valence-corrected chi connectivity index (χ0v) is 11.8. The van der Waals surface area contributed by atoms with Gasteiger partial charge in [-0.3, -0.25) is 10.1 Å². The zero-order valence-electron chi connectivity index (χ0n) is 10.2. The van der Waals surface area contributed by atoms with Gasteiger partial charge in [0, 0.05) is 21.9 Å². The molecular weight excluding hydrogens is 321 g/mol. The number of nitro groups is 1. The number of carboxylic acid groups (broad SMARTS) is 1. The second-order valence-corrected chi connectivity index (χ2v) is 5.44. The normalized spacial score (nSPS) is 10.4. The van der Waals surface area contributed by atoms with Crippen molar-refractivity contribution in [2.24, 2.45) is 0 Å². The summed E-state index contributed by atoms with van der Waals surface area (Å²) in [5.41, 5.74) is -0.590. The maximum atomic E-state index is 13.3. The number of rotatable bonds is 4. The Kier molecular flexibility index (Phi) is 4.44. The number of halogens is 2. The SMILES string of the molecule is O=C(O)c1cc(Sc2ccc([N+](=O)[O-])cc2Cl)ccc1F. The van der Waals surface area contributed by atoms with Gasteiger partial charge < -0.3 is 5.11 Å². The number of carboxylic acids is 1. The maximum Gasteiger partial charge on any atom is 0.338 e. The smallest absolute Gasteiger partial charge is 0.338 e. The van der Waals surface area contributed by atoms with E-state index in [1.54, 1.807) is 0 Å². The molecule has 2 rings (SSSR count). The second kappa shape index (κ2) is 6.11. The van der Waals surface area contributed by atoms with Crippen LogP contribution in [0.15, 0.2) is 46.2 Å². The van der Waals surface area contributed by atoms with Gasteiger partial charge in [-0.15, -0.1) is 0 Å². The van der Waals surface area contributed by atoms with Crippen LogP contribution in [0.2, 0.25) is 5.02 Å². The molecule has 108 valence electrons. The molecule has 0 spiro atoms. The van der Waals surface area contributed by atoms with Gasteiger partial charge in [0.15, 0.2) is 0 Å². The predicted molar refractivity (Wildman–Crippen MR) is 75.6 cm³/mol. The highest BCUT2D eigenvalue weighted by Gasteiger charge is 2.14. The molecule has 0 bridgehead atoms. The lowest BCUT2D eigenvalue weighted by Gasteiger charge is -2.05. The largest absolute Gasteiger partial charge is 0.478 e. The molecule has 0 aromatic heterocycles. The number of nitrogens with zero attached hydrogens (tertiary/aromatic N) is 1. The minimum absolute atomic E-state index is 0.144. The maximum absolute atomic E-state index is 13.3. The molecule has 5 nitrogen and oxygen atoms in total. The summed E-state index contributed by atoms with van der Waals surface area (Å²) in [6.45, 7) is 0. The van der Waals surface area contributed by atoms with E-state index < -0.39 is 22.3 Å². The molecule has 2 aromatic rings. The molecule has 0 heterocycles. The van der Waals surface area contributed by atoms with Crippen molar-refractivity contribution in [1.29, 1.82) is 0 Å². The summed E-state index contributed by atoms with van der Waals surface area (Å²) in [6.07, 6.45) is 0. The molecule has 0 atom stereocenters. The second-order valence-electron chi connectivity index (χ2n) is 3.92. The van der Waals surface area contributed by atoms with E-state index in [4.69, 9.17) is 16.7 Å². The molecule has 1 N–H and O–H groups in total. The fraction of sp³-hybridized carbons (Fsp3) is 0. The molecule has 0 unspecified atom stereocenters. The summed E-state index contributed by atoms with van der Waals surface area (Å²) in [7, 11) is 0. The first-order valence-electron chi connectivity index (χ1n) is 5.53. The lowest BCUT2D eigenvalue weighted by Crippen LogP contribution is -2.00. The summed E-state index contributed by atoms with van der Waals surface area (Å²) in [5.74, 6) is -2.20. The number of carbonyl (C=O) groups is 1. The standard InChI is InChI=1S/C13H7ClFNO4S/c14-10-5-7(16(19)20)1-4-12(10)21-8-2-3-11(15)9(6-8)13(17)18/h1-6H,(H,17,18).